The van der Waals surface area contributed by atoms with Gasteiger partial charge in [-0.15, -0.1) is 0 Å². The molecular formula is C14H22N2O2. The summed E-state index contributed by atoms with van der Waals surface area (Å²) in [5, 5.41) is 2.90. The summed E-state index contributed by atoms with van der Waals surface area (Å²) in [4.78, 5) is 14.0. The second kappa shape index (κ2) is 7.01. The number of ether oxygens (including phenoxy) is 1. The summed E-state index contributed by atoms with van der Waals surface area (Å²) >= 11 is 0. The van der Waals surface area contributed by atoms with E-state index in [4.69, 9.17) is 4.74 Å². The molecule has 0 saturated carbocycles. The highest BCUT2D eigenvalue weighted by atomic mass is 16.5. The molecule has 0 fully saturated rings. The molecule has 0 aliphatic carbocycles. The van der Waals surface area contributed by atoms with Crippen molar-refractivity contribution >= 4 is 5.91 Å². The quantitative estimate of drug-likeness (QED) is 0.833. The Balaban J connectivity index is 2.68. The van der Waals surface area contributed by atoms with E-state index in [2.05, 4.69) is 5.32 Å². The van der Waals surface area contributed by atoms with Crippen LogP contribution in [0.15, 0.2) is 18.2 Å². The Morgan fingerprint density at radius 2 is 2.11 bits per heavy atom. The number of aryl methyl sites for hydroxylation is 1. The van der Waals surface area contributed by atoms with Crippen LogP contribution in [-0.2, 0) is 6.42 Å². The van der Waals surface area contributed by atoms with Crippen LogP contribution >= 0.6 is 0 Å². The molecule has 1 N–H and O–H groups in total. The predicted octanol–water partition coefficient (Wildman–Crippen LogP) is 1.55. The SMILES string of the molecule is CCc1cc(C(=O)NCCN(C)C)ccc1OC. The lowest BCUT2D eigenvalue weighted by atomic mass is 10.1. The molecule has 0 aliphatic rings. The van der Waals surface area contributed by atoms with Crippen molar-refractivity contribution in [3.63, 3.8) is 0 Å². The van der Waals surface area contributed by atoms with Gasteiger partial charge >= 0.3 is 0 Å². The highest BCUT2D eigenvalue weighted by Crippen LogP contribution is 2.20. The van der Waals surface area contributed by atoms with E-state index >= 15 is 0 Å². The molecule has 0 aliphatic heterocycles. The summed E-state index contributed by atoms with van der Waals surface area (Å²) in [7, 11) is 5.61. The zero-order chi connectivity index (χ0) is 13.5. The third-order valence-corrected chi connectivity index (χ3v) is 2.77. The lowest BCUT2D eigenvalue weighted by Gasteiger charge is -2.12. The van der Waals surface area contributed by atoms with Gasteiger partial charge in [0.05, 0.1) is 7.11 Å². The van der Waals surface area contributed by atoms with E-state index in [-0.39, 0.29) is 5.91 Å². The maximum absolute atomic E-state index is 11.9. The summed E-state index contributed by atoms with van der Waals surface area (Å²) in [6.07, 6.45) is 0.849. The smallest absolute Gasteiger partial charge is 0.251 e. The summed E-state index contributed by atoms with van der Waals surface area (Å²) in [5.41, 5.74) is 1.74. The van der Waals surface area contributed by atoms with Gasteiger partial charge in [0.25, 0.3) is 5.91 Å². The minimum Gasteiger partial charge on any atom is -0.496 e. The Bertz CT molecular complexity index is 403. The Labute approximate surface area is 109 Å². The Morgan fingerprint density at radius 1 is 1.39 bits per heavy atom. The standard InChI is InChI=1S/C14H22N2O2/c1-5-11-10-12(6-7-13(11)18-4)14(17)15-8-9-16(2)3/h6-7,10H,5,8-9H2,1-4H3,(H,15,17). The van der Waals surface area contributed by atoms with Crippen molar-refractivity contribution in [2.45, 2.75) is 13.3 Å². The average Bonchev–Trinajstić information content (AvgIpc) is 2.37. The van der Waals surface area contributed by atoms with Gasteiger partial charge < -0.3 is 15.0 Å². The number of carbonyl (C=O) groups excluding carboxylic acids is 1. The zero-order valence-corrected chi connectivity index (χ0v) is 11.6. The molecule has 0 bridgehead atoms. The highest BCUT2D eigenvalue weighted by molar-refractivity contribution is 5.94. The van der Waals surface area contributed by atoms with E-state index in [1.54, 1.807) is 13.2 Å². The van der Waals surface area contributed by atoms with E-state index < -0.39 is 0 Å². The molecule has 0 heterocycles. The summed E-state index contributed by atoms with van der Waals surface area (Å²) in [5.74, 6) is 0.802. The molecule has 0 spiro atoms. The van der Waals surface area contributed by atoms with Crippen LogP contribution in [0.3, 0.4) is 0 Å². The van der Waals surface area contributed by atoms with Gasteiger partial charge in [-0.05, 0) is 44.3 Å². The third-order valence-electron chi connectivity index (χ3n) is 2.77. The molecule has 1 aromatic rings. The van der Waals surface area contributed by atoms with Gasteiger partial charge in [-0.2, -0.15) is 0 Å². The topological polar surface area (TPSA) is 41.6 Å². The first-order valence-corrected chi connectivity index (χ1v) is 6.18. The van der Waals surface area contributed by atoms with Crippen LogP contribution in [0.5, 0.6) is 5.75 Å². The van der Waals surface area contributed by atoms with Gasteiger partial charge in [-0.3, -0.25) is 4.79 Å². The molecule has 0 unspecified atom stereocenters. The van der Waals surface area contributed by atoms with Crippen molar-refractivity contribution < 1.29 is 9.53 Å². The lowest BCUT2D eigenvalue weighted by molar-refractivity contribution is 0.0951. The van der Waals surface area contributed by atoms with Crippen LogP contribution in [0.25, 0.3) is 0 Å². The lowest BCUT2D eigenvalue weighted by Crippen LogP contribution is -2.31. The molecule has 0 radical (unpaired) electrons. The van der Waals surface area contributed by atoms with Crippen molar-refractivity contribution in [2.75, 3.05) is 34.3 Å². The molecule has 4 heteroatoms. The molecule has 1 rings (SSSR count). The highest BCUT2D eigenvalue weighted by Gasteiger charge is 2.08. The van der Waals surface area contributed by atoms with E-state index in [9.17, 15) is 4.79 Å². The number of likely N-dealkylation sites (N-methyl/N-ethyl adjacent to an activating group) is 1. The van der Waals surface area contributed by atoms with Crippen molar-refractivity contribution in [1.82, 2.24) is 10.2 Å². The number of rotatable bonds is 6. The number of benzene rings is 1. The largest absolute Gasteiger partial charge is 0.496 e. The van der Waals surface area contributed by atoms with Crippen LogP contribution in [-0.4, -0.2) is 45.1 Å². The fourth-order valence-electron chi connectivity index (χ4n) is 1.69. The number of hydrogen-bond acceptors (Lipinski definition) is 3. The van der Waals surface area contributed by atoms with E-state index in [0.717, 1.165) is 24.3 Å². The second-order valence-electron chi connectivity index (χ2n) is 4.44. The van der Waals surface area contributed by atoms with Gasteiger partial charge in [0.1, 0.15) is 5.75 Å². The van der Waals surface area contributed by atoms with Gasteiger partial charge in [0.2, 0.25) is 0 Å². The van der Waals surface area contributed by atoms with E-state index in [1.165, 1.54) is 0 Å². The Morgan fingerprint density at radius 3 is 2.67 bits per heavy atom. The number of methoxy groups -OCH3 is 1. The normalized spacial score (nSPS) is 10.5. The van der Waals surface area contributed by atoms with Crippen LogP contribution in [0.1, 0.15) is 22.8 Å². The van der Waals surface area contributed by atoms with Crippen molar-refractivity contribution in [3.8, 4) is 5.75 Å². The first kappa shape index (κ1) is 14.5. The number of carbonyl (C=O) groups is 1. The van der Waals surface area contributed by atoms with Crippen molar-refractivity contribution in [1.29, 1.82) is 0 Å². The fourth-order valence-corrected chi connectivity index (χ4v) is 1.69. The number of nitrogens with zero attached hydrogens (tertiary/aromatic N) is 1. The van der Waals surface area contributed by atoms with E-state index in [0.29, 0.717) is 12.1 Å². The maximum atomic E-state index is 11.9. The zero-order valence-electron chi connectivity index (χ0n) is 11.6. The predicted molar refractivity (Wildman–Crippen MR) is 73.3 cm³/mol. The molecule has 0 atom stereocenters. The van der Waals surface area contributed by atoms with Gasteiger partial charge in [-0.25, -0.2) is 0 Å². The first-order chi connectivity index (χ1) is 8.58. The van der Waals surface area contributed by atoms with Crippen LogP contribution in [0.4, 0.5) is 0 Å². The van der Waals surface area contributed by atoms with Crippen LogP contribution < -0.4 is 10.1 Å². The summed E-state index contributed by atoms with van der Waals surface area (Å²) < 4.78 is 5.25. The molecule has 1 amide bonds. The van der Waals surface area contributed by atoms with Crippen LogP contribution in [0.2, 0.25) is 0 Å². The summed E-state index contributed by atoms with van der Waals surface area (Å²) in [6, 6.07) is 5.53. The average molecular weight is 250 g/mol. The molecule has 100 valence electrons. The van der Waals surface area contributed by atoms with Gasteiger partial charge in [0, 0.05) is 18.7 Å². The third kappa shape index (κ3) is 4.04. The second-order valence-corrected chi connectivity index (χ2v) is 4.44. The minimum absolute atomic E-state index is 0.0331. The molecule has 0 saturated heterocycles. The molecular weight excluding hydrogens is 228 g/mol. The minimum atomic E-state index is -0.0331. The van der Waals surface area contributed by atoms with Crippen molar-refractivity contribution in [3.05, 3.63) is 29.3 Å². The molecule has 4 nitrogen and oxygen atoms in total. The van der Waals surface area contributed by atoms with Gasteiger partial charge in [-0.1, -0.05) is 6.92 Å². The monoisotopic (exact) mass is 250 g/mol. The number of amides is 1. The van der Waals surface area contributed by atoms with E-state index in [1.807, 2.05) is 38.1 Å². The summed E-state index contributed by atoms with van der Waals surface area (Å²) in [6.45, 7) is 3.54. The molecule has 18 heavy (non-hydrogen) atoms. The maximum Gasteiger partial charge on any atom is 0.251 e. The Kier molecular flexibility index (Phi) is 5.65. The Hall–Kier alpha value is -1.55. The van der Waals surface area contributed by atoms with Crippen LogP contribution in [0, 0.1) is 0 Å². The first-order valence-electron chi connectivity index (χ1n) is 6.18. The molecule has 1 aromatic carbocycles. The fraction of sp³-hybridized carbons (Fsp3) is 0.500. The molecule has 0 aromatic heterocycles. The number of nitrogens with one attached hydrogen (secondary N) is 1. The van der Waals surface area contributed by atoms with Gasteiger partial charge in [0.15, 0.2) is 0 Å². The van der Waals surface area contributed by atoms with Crippen molar-refractivity contribution in [2.24, 2.45) is 0 Å². The number of hydrogen-bond donors (Lipinski definition) is 1.